The van der Waals surface area contributed by atoms with E-state index in [9.17, 15) is 4.79 Å². The highest BCUT2D eigenvalue weighted by Crippen LogP contribution is 2.35. The lowest BCUT2D eigenvalue weighted by molar-refractivity contribution is 0.0966. The molecule has 30 heavy (non-hydrogen) atoms. The third-order valence-corrected chi connectivity index (χ3v) is 6.59. The Kier molecular flexibility index (Phi) is 6.58. The summed E-state index contributed by atoms with van der Waals surface area (Å²) in [4.78, 5) is 14.6. The van der Waals surface area contributed by atoms with Crippen molar-refractivity contribution in [2.45, 2.75) is 38.6 Å². The van der Waals surface area contributed by atoms with E-state index in [4.69, 9.17) is 4.74 Å². The van der Waals surface area contributed by atoms with E-state index in [2.05, 4.69) is 58.9 Å². The molecule has 2 aromatic carbocycles. The molecule has 1 amide bonds. The third kappa shape index (κ3) is 4.62. The molecule has 1 fully saturated rings. The van der Waals surface area contributed by atoms with Gasteiger partial charge < -0.3 is 20.3 Å². The lowest BCUT2D eigenvalue weighted by Gasteiger charge is -2.26. The van der Waals surface area contributed by atoms with E-state index < -0.39 is 0 Å². The Hall–Kier alpha value is -2.53. The number of fused-ring (bicyclic) bond motifs is 1. The van der Waals surface area contributed by atoms with Crippen LogP contribution in [-0.4, -0.2) is 44.1 Å². The zero-order valence-electron chi connectivity index (χ0n) is 18.1. The van der Waals surface area contributed by atoms with Crippen molar-refractivity contribution in [3.63, 3.8) is 0 Å². The van der Waals surface area contributed by atoms with Crippen LogP contribution in [0.5, 0.6) is 5.75 Å². The summed E-state index contributed by atoms with van der Waals surface area (Å²) in [5.41, 5.74) is 4.33. The number of nitrogens with one attached hydrogen (secondary N) is 2. The fourth-order valence-corrected chi connectivity index (χ4v) is 4.86. The van der Waals surface area contributed by atoms with Gasteiger partial charge in [-0.15, -0.1) is 0 Å². The van der Waals surface area contributed by atoms with Crippen LogP contribution in [0.1, 0.15) is 53.6 Å². The van der Waals surface area contributed by atoms with Gasteiger partial charge in [-0.3, -0.25) is 4.79 Å². The number of rotatable bonds is 7. The second kappa shape index (κ2) is 9.52. The highest BCUT2D eigenvalue weighted by atomic mass is 16.5. The quantitative estimate of drug-likeness (QED) is 0.720. The lowest BCUT2D eigenvalue weighted by atomic mass is 9.82. The minimum atomic E-state index is 0.0365. The molecule has 2 heterocycles. The Balaban J connectivity index is 1.49. The average molecular weight is 408 g/mol. The van der Waals surface area contributed by atoms with Crippen molar-refractivity contribution < 1.29 is 9.53 Å². The van der Waals surface area contributed by atoms with Crippen molar-refractivity contribution in [3.8, 4) is 5.75 Å². The number of nitrogens with zero attached hydrogens (tertiary/aromatic N) is 1. The SMILES string of the molecule is CCCN1CC[C@H](CNc2ccc3c(c2)C(=O)NC3)[C@@H](c2ccc(OC)cc2)CC1. The number of hydrogen-bond acceptors (Lipinski definition) is 4. The molecule has 2 atom stereocenters. The van der Waals surface area contributed by atoms with Crippen LogP contribution in [0.3, 0.4) is 0 Å². The first-order valence-electron chi connectivity index (χ1n) is 11.2. The smallest absolute Gasteiger partial charge is 0.251 e. The Morgan fingerprint density at radius 1 is 1.13 bits per heavy atom. The molecule has 0 aliphatic carbocycles. The van der Waals surface area contributed by atoms with E-state index in [-0.39, 0.29) is 5.91 Å². The summed E-state index contributed by atoms with van der Waals surface area (Å²) < 4.78 is 5.35. The number of carbonyl (C=O) groups is 1. The molecule has 2 aliphatic rings. The molecule has 0 spiro atoms. The summed E-state index contributed by atoms with van der Waals surface area (Å²) >= 11 is 0. The van der Waals surface area contributed by atoms with Crippen molar-refractivity contribution in [2.24, 2.45) is 5.92 Å². The predicted octanol–water partition coefficient (Wildman–Crippen LogP) is 4.26. The maximum absolute atomic E-state index is 12.0. The van der Waals surface area contributed by atoms with E-state index in [0.29, 0.717) is 18.4 Å². The average Bonchev–Trinajstić information content (AvgIpc) is 3.02. The summed E-state index contributed by atoms with van der Waals surface area (Å²) in [6, 6.07) is 14.8. The van der Waals surface area contributed by atoms with Gasteiger partial charge in [-0.25, -0.2) is 0 Å². The van der Waals surface area contributed by atoms with Crippen LogP contribution in [0, 0.1) is 5.92 Å². The van der Waals surface area contributed by atoms with Gasteiger partial charge in [0.15, 0.2) is 0 Å². The second-order valence-corrected chi connectivity index (χ2v) is 8.49. The third-order valence-electron chi connectivity index (χ3n) is 6.59. The number of carbonyl (C=O) groups excluding carboxylic acids is 1. The Morgan fingerprint density at radius 3 is 2.70 bits per heavy atom. The summed E-state index contributed by atoms with van der Waals surface area (Å²) in [5.74, 6) is 2.01. The minimum Gasteiger partial charge on any atom is -0.497 e. The lowest BCUT2D eigenvalue weighted by Crippen LogP contribution is -2.26. The molecule has 0 aromatic heterocycles. The van der Waals surface area contributed by atoms with Gasteiger partial charge in [0.05, 0.1) is 7.11 Å². The van der Waals surface area contributed by atoms with Gasteiger partial charge >= 0.3 is 0 Å². The molecular weight excluding hydrogens is 374 g/mol. The van der Waals surface area contributed by atoms with Crippen molar-refractivity contribution in [2.75, 3.05) is 38.6 Å². The summed E-state index contributed by atoms with van der Waals surface area (Å²) in [6.45, 7) is 7.30. The molecular formula is C25H33N3O2. The Morgan fingerprint density at radius 2 is 1.93 bits per heavy atom. The van der Waals surface area contributed by atoms with Crippen LogP contribution in [-0.2, 0) is 6.54 Å². The van der Waals surface area contributed by atoms with E-state index in [1.165, 1.54) is 31.4 Å². The molecule has 2 N–H and O–H groups in total. The number of amides is 1. The van der Waals surface area contributed by atoms with Gasteiger partial charge in [0.1, 0.15) is 5.75 Å². The molecule has 2 aliphatic heterocycles. The summed E-state index contributed by atoms with van der Waals surface area (Å²) in [5, 5.41) is 6.54. The Labute approximate surface area is 179 Å². The van der Waals surface area contributed by atoms with Crippen molar-refractivity contribution in [1.29, 1.82) is 0 Å². The number of likely N-dealkylation sites (tertiary alicyclic amines) is 1. The molecule has 160 valence electrons. The maximum Gasteiger partial charge on any atom is 0.251 e. The highest BCUT2D eigenvalue weighted by Gasteiger charge is 2.28. The van der Waals surface area contributed by atoms with E-state index in [0.717, 1.165) is 42.2 Å². The number of methoxy groups -OCH3 is 1. The van der Waals surface area contributed by atoms with Crippen LogP contribution >= 0.6 is 0 Å². The van der Waals surface area contributed by atoms with Crippen LogP contribution < -0.4 is 15.4 Å². The summed E-state index contributed by atoms with van der Waals surface area (Å²) in [6.07, 6.45) is 3.55. The van der Waals surface area contributed by atoms with Crippen LogP contribution in [0.2, 0.25) is 0 Å². The van der Waals surface area contributed by atoms with Crippen LogP contribution in [0.15, 0.2) is 42.5 Å². The topological polar surface area (TPSA) is 53.6 Å². The van der Waals surface area contributed by atoms with E-state index in [1.54, 1.807) is 7.11 Å². The first kappa shape index (κ1) is 20.7. The van der Waals surface area contributed by atoms with Gasteiger partial charge in [-0.1, -0.05) is 25.1 Å². The van der Waals surface area contributed by atoms with E-state index >= 15 is 0 Å². The first-order valence-corrected chi connectivity index (χ1v) is 11.2. The molecule has 2 aromatic rings. The maximum atomic E-state index is 12.0. The monoisotopic (exact) mass is 407 g/mol. The highest BCUT2D eigenvalue weighted by molar-refractivity contribution is 5.99. The molecule has 0 radical (unpaired) electrons. The standard InChI is InChI=1S/C25H33N3O2/c1-3-12-28-13-10-20(23(11-14-28)18-5-8-22(30-2)9-6-18)16-26-21-7-4-19-17-27-25(29)24(19)15-21/h4-9,15,20,23,26H,3,10-14,16-17H2,1-2H3,(H,27,29)/t20-,23-/m1/s1. The number of benzene rings is 2. The molecule has 0 unspecified atom stereocenters. The fraction of sp³-hybridized carbons (Fsp3) is 0.480. The molecule has 0 saturated carbocycles. The molecule has 5 heteroatoms. The number of anilines is 1. The Bertz CT molecular complexity index is 865. The number of hydrogen-bond donors (Lipinski definition) is 2. The van der Waals surface area contributed by atoms with Gasteiger partial charge in [0, 0.05) is 24.3 Å². The molecule has 0 bridgehead atoms. The van der Waals surface area contributed by atoms with Gasteiger partial charge in [-0.05, 0) is 86.1 Å². The van der Waals surface area contributed by atoms with Gasteiger partial charge in [0.25, 0.3) is 5.91 Å². The normalized spacial score (nSPS) is 21.6. The minimum absolute atomic E-state index is 0.0365. The first-order chi connectivity index (χ1) is 14.7. The largest absolute Gasteiger partial charge is 0.497 e. The molecule has 5 nitrogen and oxygen atoms in total. The van der Waals surface area contributed by atoms with E-state index in [1.807, 2.05) is 6.07 Å². The molecule has 4 rings (SSSR count). The van der Waals surface area contributed by atoms with Crippen molar-refractivity contribution >= 4 is 11.6 Å². The molecule has 1 saturated heterocycles. The van der Waals surface area contributed by atoms with Gasteiger partial charge in [0.2, 0.25) is 0 Å². The fourth-order valence-electron chi connectivity index (χ4n) is 4.86. The van der Waals surface area contributed by atoms with Gasteiger partial charge in [-0.2, -0.15) is 0 Å². The van der Waals surface area contributed by atoms with Crippen molar-refractivity contribution in [3.05, 3.63) is 59.2 Å². The second-order valence-electron chi connectivity index (χ2n) is 8.49. The zero-order valence-corrected chi connectivity index (χ0v) is 18.1. The predicted molar refractivity (Wildman–Crippen MR) is 121 cm³/mol. The zero-order chi connectivity index (χ0) is 20.9. The van der Waals surface area contributed by atoms with Crippen molar-refractivity contribution in [1.82, 2.24) is 10.2 Å². The van der Waals surface area contributed by atoms with Crippen LogP contribution in [0.4, 0.5) is 5.69 Å². The summed E-state index contributed by atoms with van der Waals surface area (Å²) in [7, 11) is 1.72. The van der Waals surface area contributed by atoms with Crippen LogP contribution in [0.25, 0.3) is 0 Å². The number of ether oxygens (including phenoxy) is 1.